The van der Waals surface area contributed by atoms with E-state index in [1.807, 2.05) is 6.08 Å². The van der Waals surface area contributed by atoms with Crippen LogP contribution in [0.5, 0.6) is 0 Å². The summed E-state index contributed by atoms with van der Waals surface area (Å²) in [5.74, 6) is -0.233. The minimum Gasteiger partial charge on any atom is -0.463 e. The summed E-state index contributed by atoms with van der Waals surface area (Å²) in [6, 6.07) is 0. The second-order valence-electron chi connectivity index (χ2n) is 2.30. The highest BCUT2D eigenvalue weighted by Gasteiger charge is 1.90. The smallest absolute Gasteiger partial charge is 0.330 e. The van der Waals surface area contributed by atoms with Crippen molar-refractivity contribution in [3.05, 3.63) is 12.2 Å². The van der Waals surface area contributed by atoms with Gasteiger partial charge < -0.3 is 4.74 Å². The Labute approximate surface area is 68.2 Å². The van der Waals surface area contributed by atoms with Crippen LogP contribution in [0.2, 0.25) is 0 Å². The number of unbranched alkanes of at least 4 members (excludes halogenated alkanes) is 2. The summed E-state index contributed by atoms with van der Waals surface area (Å²) in [7, 11) is 0. The van der Waals surface area contributed by atoms with Gasteiger partial charge in [-0.05, 0) is 13.3 Å². The topological polar surface area (TPSA) is 26.3 Å². The minimum absolute atomic E-state index is 0.233. The van der Waals surface area contributed by atoms with Crippen LogP contribution in [0.1, 0.15) is 33.1 Å². The van der Waals surface area contributed by atoms with Crippen molar-refractivity contribution in [2.45, 2.75) is 33.1 Å². The van der Waals surface area contributed by atoms with Crippen molar-refractivity contribution in [3.8, 4) is 0 Å². The highest BCUT2D eigenvalue weighted by atomic mass is 16.5. The molecule has 0 radical (unpaired) electrons. The van der Waals surface area contributed by atoms with Gasteiger partial charge in [0.15, 0.2) is 0 Å². The lowest BCUT2D eigenvalue weighted by Gasteiger charge is -1.93. The number of esters is 1. The molecule has 11 heavy (non-hydrogen) atoms. The molecule has 0 aliphatic carbocycles. The SMILES string of the molecule is CCCC/C=C/C(=O)OCC. The zero-order chi connectivity index (χ0) is 8.53. The van der Waals surface area contributed by atoms with Crippen LogP contribution in [0.15, 0.2) is 12.2 Å². The Morgan fingerprint density at radius 1 is 1.45 bits per heavy atom. The molecule has 0 aliphatic heterocycles. The van der Waals surface area contributed by atoms with E-state index in [1.54, 1.807) is 6.92 Å². The Morgan fingerprint density at radius 2 is 2.18 bits per heavy atom. The first-order valence-corrected chi connectivity index (χ1v) is 4.14. The molecule has 0 aliphatic rings. The van der Waals surface area contributed by atoms with Crippen LogP contribution in [-0.2, 0) is 9.53 Å². The van der Waals surface area contributed by atoms with Crippen molar-refractivity contribution < 1.29 is 9.53 Å². The molecule has 0 rings (SSSR count). The Hall–Kier alpha value is -0.790. The fraction of sp³-hybridized carbons (Fsp3) is 0.667. The van der Waals surface area contributed by atoms with Gasteiger partial charge in [-0.1, -0.05) is 25.8 Å². The lowest BCUT2D eigenvalue weighted by atomic mass is 10.2. The second-order valence-corrected chi connectivity index (χ2v) is 2.30. The van der Waals surface area contributed by atoms with E-state index >= 15 is 0 Å². The molecule has 64 valence electrons. The quantitative estimate of drug-likeness (QED) is 0.347. The summed E-state index contributed by atoms with van der Waals surface area (Å²) < 4.78 is 4.70. The third-order valence-electron chi connectivity index (χ3n) is 1.26. The minimum atomic E-state index is -0.233. The van der Waals surface area contributed by atoms with Crippen molar-refractivity contribution in [3.63, 3.8) is 0 Å². The zero-order valence-corrected chi connectivity index (χ0v) is 7.30. The van der Waals surface area contributed by atoms with Gasteiger partial charge in [-0.25, -0.2) is 4.79 Å². The maximum atomic E-state index is 10.7. The van der Waals surface area contributed by atoms with Gasteiger partial charge in [0.05, 0.1) is 6.61 Å². The van der Waals surface area contributed by atoms with E-state index in [0.717, 1.165) is 19.3 Å². The van der Waals surface area contributed by atoms with Gasteiger partial charge in [0.1, 0.15) is 0 Å². The first kappa shape index (κ1) is 10.2. The molecular formula is C9H16O2. The molecule has 0 spiro atoms. The molecule has 0 aromatic carbocycles. The van der Waals surface area contributed by atoms with Crippen molar-refractivity contribution >= 4 is 5.97 Å². The third-order valence-corrected chi connectivity index (χ3v) is 1.26. The van der Waals surface area contributed by atoms with E-state index in [9.17, 15) is 4.79 Å². The summed E-state index contributed by atoms with van der Waals surface area (Å²) >= 11 is 0. The number of rotatable bonds is 5. The normalized spacial score (nSPS) is 10.4. The van der Waals surface area contributed by atoms with Gasteiger partial charge in [0, 0.05) is 6.08 Å². The molecule has 0 heterocycles. The van der Waals surface area contributed by atoms with E-state index in [2.05, 4.69) is 6.92 Å². The lowest BCUT2D eigenvalue weighted by molar-refractivity contribution is -0.137. The summed E-state index contributed by atoms with van der Waals surface area (Å²) in [5.41, 5.74) is 0. The number of carbonyl (C=O) groups excluding carboxylic acids is 1. The molecule has 2 heteroatoms. The molecular weight excluding hydrogens is 140 g/mol. The first-order valence-electron chi connectivity index (χ1n) is 4.14. The van der Waals surface area contributed by atoms with Crippen LogP contribution in [-0.4, -0.2) is 12.6 Å². The van der Waals surface area contributed by atoms with Crippen LogP contribution in [0, 0.1) is 0 Å². The van der Waals surface area contributed by atoms with Crippen molar-refractivity contribution in [2.24, 2.45) is 0 Å². The van der Waals surface area contributed by atoms with E-state index in [0.29, 0.717) is 6.61 Å². The number of hydrogen-bond acceptors (Lipinski definition) is 2. The van der Waals surface area contributed by atoms with Crippen LogP contribution >= 0.6 is 0 Å². The number of carbonyl (C=O) groups is 1. The molecule has 0 unspecified atom stereocenters. The molecule has 0 aromatic rings. The summed E-state index contributed by atoms with van der Waals surface area (Å²) in [5, 5.41) is 0. The largest absolute Gasteiger partial charge is 0.463 e. The highest BCUT2D eigenvalue weighted by molar-refractivity contribution is 5.81. The van der Waals surface area contributed by atoms with E-state index in [4.69, 9.17) is 4.74 Å². The molecule has 0 bridgehead atoms. The van der Waals surface area contributed by atoms with Crippen LogP contribution in [0.25, 0.3) is 0 Å². The van der Waals surface area contributed by atoms with Crippen LogP contribution < -0.4 is 0 Å². The predicted octanol–water partition coefficient (Wildman–Crippen LogP) is 2.30. The summed E-state index contributed by atoms with van der Waals surface area (Å²) in [6.45, 7) is 4.38. The Bertz CT molecular complexity index is 128. The molecule has 0 N–H and O–H groups in total. The van der Waals surface area contributed by atoms with Gasteiger partial charge in [0.2, 0.25) is 0 Å². The fourth-order valence-electron chi connectivity index (χ4n) is 0.692. The lowest BCUT2D eigenvalue weighted by Crippen LogP contribution is -1.98. The third kappa shape index (κ3) is 7.10. The second kappa shape index (κ2) is 7.32. The van der Waals surface area contributed by atoms with E-state index in [-0.39, 0.29) is 5.97 Å². The van der Waals surface area contributed by atoms with Gasteiger partial charge in [-0.15, -0.1) is 0 Å². The predicted molar refractivity (Wildman–Crippen MR) is 45.3 cm³/mol. The van der Waals surface area contributed by atoms with Crippen LogP contribution in [0.4, 0.5) is 0 Å². The van der Waals surface area contributed by atoms with Crippen molar-refractivity contribution in [2.75, 3.05) is 6.61 Å². The molecule has 0 saturated carbocycles. The van der Waals surface area contributed by atoms with E-state index in [1.165, 1.54) is 6.08 Å². The Morgan fingerprint density at radius 3 is 2.73 bits per heavy atom. The Balaban J connectivity index is 3.32. The maximum absolute atomic E-state index is 10.7. The standard InChI is InChI=1S/C9H16O2/c1-3-5-6-7-8-9(10)11-4-2/h7-8H,3-6H2,1-2H3/b8-7+. The molecule has 0 amide bonds. The highest BCUT2D eigenvalue weighted by Crippen LogP contribution is 1.94. The number of ether oxygens (including phenoxy) is 1. The summed E-state index contributed by atoms with van der Waals surface area (Å²) in [4.78, 5) is 10.7. The Kier molecular flexibility index (Phi) is 6.79. The van der Waals surface area contributed by atoms with Crippen molar-refractivity contribution in [1.29, 1.82) is 0 Å². The monoisotopic (exact) mass is 156 g/mol. The molecule has 0 aromatic heterocycles. The number of allylic oxidation sites excluding steroid dienone is 1. The molecule has 0 fully saturated rings. The number of hydrogen-bond donors (Lipinski definition) is 0. The van der Waals surface area contributed by atoms with Gasteiger partial charge >= 0.3 is 5.97 Å². The van der Waals surface area contributed by atoms with E-state index < -0.39 is 0 Å². The van der Waals surface area contributed by atoms with Crippen molar-refractivity contribution in [1.82, 2.24) is 0 Å². The molecule has 0 atom stereocenters. The van der Waals surface area contributed by atoms with Crippen LogP contribution in [0.3, 0.4) is 0 Å². The average Bonchev–Trinajstić information content (AvgIpc) is 1.99. The van der Waals surface area contributed by atoms with Gasteiger partial charge in [-0.3, -0.25) is 0 Å². The fourth-order valence-corrected chi connectivity index (χ4v) is 0.692. The first-order chi connectivity index (χ1) is 5.31. The summed E-state index contributed by atoms with van der Waals surface area (Å²) in [6.07, 6.45) is 6.62. The zero-order valence-electron chi connectivity index (χ0n) is 7.30. The maximum Gasteiger partial charge on any atom is 0.330 e. The van der Waals surface area contributed by atoms with Gasteiger partial charge in [-0.2, -0.15) is 0 Å². The average molecular weight is 156 g/mol. The molecule has 0 saturated heterocycles. The van der Waals surface area contributed by atoms with Gasteiger partial charge in [0.25, 0.3) is 0 Å². The molecule has 2 nitrogen and oxygen atoms in total.